The Morgan fingerprint density at radius 1 is 0.923 bits per heavy atom. The van der Waals surface area contributed by atoms with Gasteiger partial charge in [0.15, 0.2) is 0 Å². The first-order chi connectivity index (χ1) is 6.41. The first-order valence-electron chi connectivity index (χ1n) is 5.29. The number of unbranched alkanes of at least 4 members (excludes halogenated alkanes) is 4. The van der Waals surface area contributed by atoms with Crippen LogP contribution in [0.5, 0.6) is 0 Å². The van der Waals surface area contributed by atoms with E-state index in [0.29, 0.717) is 0 Å². The zero-order valence-electron chi connectivity index (χ0n) is 8.84. The lowest BCUT2D eigenvalue weighted by Gasteiger charge is -1.93. The summed E-state index contributed by atoms with van der Waals surface area (Å²) in [4.78, 5) is 0. The molecule has 0 aliphatic rings. The molecule has 0 unspecified atom stereocenters. The normalized spacial score (nSPS) is 11.5. The highest BCUT2D eigenvalue weighted by molar-refractivity contribution is 4.91. The van der Waals surface area contributed by atoms with Crippen molar-refractivity contribution in [1.82, 2.24) is 0 Å². The molecule has 0 spiro atoms. The van der Waals surface area contributed by atoms with Crippen LogP contribution in [0.1, 0.15) is 45.4 Å². The van der Waals surface area contributed by atoms with Gasteiger partial charge in [-0.2, -0.15) is 0 Å². The number of rotatable bonds is 8. The number of allylic oxidation sites excluding steroid dienone is 5. The Hall–Kier alpha value is -0.780. The van der Waals surface area contributed by atoms with Crippen LogP contribution in [0, 0.1) is 0 Å². The fourth-order valence-corrected chi connectivity index (χ4v) is 1.16. The quantitative estimate of drug-likeness (QED) is 0.375. The molecule has 0 bridgehead atoms. The molecule has 0 saturated carbocycles. The molecule has 0 aromatic carbocycles. The van der Waals surface area contributed by atoms with Gasteiger partial charge in [0.2, 0.25) is 0 Å². The maximum atomic E-state index is 3.71. The van der Waals surface area contributed by atoms with E-state index in [4.69, 9.17) is 0 Å². The molecule has 0 fully saturated rings. The molecule has 0 amide bonds. The minimum absolute atomic E-state index is 1.09. The summed E-state index contributed by atoms with van der Waals surface area (Å²) in [6.45, 7) is 5.77. The average molecular weight is 178 g/mol. The molecule has 0 heteroatoms. The molecule has 0 aliphatic heterocycles. The van der Waals surface area contributed by atoms with Crippen LogP contribution in [-0.4, -0.2) is 0 Å². The molecule has 0 N–H and O–H groups in total. The number of hydrogen-bond acceptors (Lipinski definition) is 0. The minimum atomic E-state index is 1.09. The van der Waals surface area contributed by atoms with Crippen LogP contribution in [0.15, 0.2) is 37.0 Å². The molecule has 0 aromatic rings. The summed E-state index contributed by atoms with van der Waals surface area (Å²) in [6.07, 6.45) is 18.2. The van der Waals surface area contributed by atoms with E-state index in [1.165, 1.54) is 32.1 Å². The van der Waals surface area contributed by atoms with Crippen molar-refractivity contribution in [2.45, 2.75) is 45.4 Å². The smallest absolute Gasteiger partial charge is 0.0169 e. The van der Waals surface area contributed by atoms with Gasteiger partial charge in [0.1, 0.15) is 0 Å². The van der Waals surface area contributed by atoms with Crippen molar-refractivity contribution in [3.63, 3.8) is 0 Å². The van der Waals surface area contributed by atoms with E-state index >= 15 is 0 Å². The van der Waals surface area contributed by atoms with Crippen molar-refractivity contribution in [3.05, 3.63) is 37.0 Å². The second-order valence-corrected chi connectivity index (χ2v) is 3.20. The molecule has 0 radical (unpaired) electrons. The first kappa shape index (κ1) is 12.2. The van der Waals surface area contributed by atoms with Gasteiger partial charge in [-0.05, 0) is 39.0 Å². The summed E-state index contributed by atoms with van der Waals surface area (Å²) >= 11 is 0. The van der Waals surface area contributed by atoms with Crippen molar-refractivity contribution >= 4 is 0 Å². The van der Waals surface area contributed by atoms with Gasteiger partial charge in [-0.3, -0.25) is 0 Å². The van der Waals surface area contributed by atoms with Gasteiger partial charge in [-0.15, -0.1) is 6.58 Å². The highest BCUT2D eigenvalue weighted by Gasteiger charge is 1.84. The highest BCUT2D eigenvalue weighted by atomic mass is 13.9. The van der Waals surface area contributed by atoms with Crippen molar-refractivity contribution < 1.29 is 0 Å². The fourth-order valence-electron chi connectivity index (χ4n) is 1.16. The molecular weight excluding hydrogens is 156 g/mol. The second kappa shape index (κ2) is 11.2. The van der Waals surface area contributed by atoms with Crippen molar-refractivity contribution in [2.75, 3.05) is 0 Å². The Balaban J connectivity index is 3.06. The van der Waals surface area contributed by atoms with E-state index < -0.39 is 0 Å². The van der Waals surface area contributed by atoms with Crippen LogP contribution in [-0.2, 0) is 0 Å². The Bertz CT molecular complexity index is 151. The van der Waals surface area contributed by atoms with E-state index in [-0.39, 0.29) is 0 Å². The Kier molecular flexibility index (Phi) is 10.5. The van der Waals surface area contributed by atoms with E-state index in [0.717, 1.165) is 6.42 Å². The standard InChI is InChI=1S/C13H22/c1-3-5-7-9-11-13-12-10-8-6-4-2/h3-4,6,10,12H,1,5,7-9,11,13H2,2H3. The maximum Gasteiger partial charge on any atom is -0.0169 e. The molecule has 74 valence electrons. The highest BCUT2D eigenvalue weighted by Crippen LogP contribution is 2.04. The van der Waals surface area contributed by atoms with E-state index in [1.54, 1.807) is 0 Å². The molecule has 0 rings (SSSR count). The van der Waals surface area contributed by atoms with Gasteiger partial charge >= 0.3 is 0 Å². The third kappa shape index (κ3) is 11.2. The minimum Gasteiger partial charge on any atom is -0.103 e. The van der Waals surface area contributed by atoms with E-state index in [9.17, 15) is 0 Å². The lowest BCUT2D eigenvalue weighted by atomic mass is 10.1. The molecular formula is C13H22. The van der Waals surface area contributed by atoms with Crippen molar-refractivity contribution in [1.29, 1.82) is 0 Å². The largest absolute Gasteiger partial charge is 0.103 e. The average Bonchev–Trinajstić information content (AvgIpc) is 2.16. The molecule has 0 nitrogen and oxygen atoms in total. The maximum absolute atomic E-state index is 3.71. The third-order valence-corrected chi connectivity index (χ3v) is 1.95. The van der Waals surface area contributed by atoms with Crippen LogP contribution in [0.3, 0.4) is 0 Å². The van der Waals surface area contributed by atoms with Gasteiger partial charge in [-0.1, -0.05) is 36.8 Å². The summed E-state index contributed by atoms with van der Waals surface area (Å²) in [5.41, 5.74) is 0. The summed E-state index contributed by atoms with van der Waals surface area (Å²) in [6, 6.07) is 0. The monoisotopic (exact) mass is 178 g/mol. The molecule has 0 aromatic heterocycles. The fraction of sp³-hybridized carbons (Fsp3) is 0.538. The number of hydrogen-bond donors (Lipinski definition) is 0. The molecule has 0 heterocycles. The summed E-state index contributed by atoms with van der Waals surface area (Å²) in [5, 5.41) is 0. The van der Waals surface area contributed by atoms with E-state index in [1.807, 2.05) is 6.08 Å². The van der Waals surface area contributed by atoms with Crippen LogP contribution in [0.2, 0.25) is 0 Å². The molecule has 0 saturated heterocycles. The lowest BCUT2D eigenvalue weighted by molar-refractivity contribution is 0.696. The van der Waals surface area contributed by atoms with Crippen molar-refractivity contribution in [3.8, 4) is 0 Å². The van der Waals surface area contributed by atoms with Gasteiger partial charge in [0.25, 0.3) is 0 Å². The van der Waals surface area contributed by atoms with Crippen molar-refractivity contribution in [2.24, 2.45) is 0 Å². The Morgan fingerprint density at radius 2 is 1.69 bits per heavy atom. The zero-order valence-corrected chi connectivity index (χ0v) is 8.84. The van der Waals surface area contributed by atoms with Crippen LogP contribution in [0.4, 0.5) is 0 Å². The summed E-state index contributed by atoms with van der Waals surface area (Å²) in [5.74, 6) is 0. The van der Waals surface area contributed by atoms with Gasteiger partial charge in [0, 0.05) is 0 Å². The topological polar surface area (TPSA) is 0 Å². The van der Waals surface area contributed by atoms with Gasteiger partial charge in [-0.25, -0.2) is 0 Å². The van der Waals surface area contributed by atoms with Crippen LogP contribution < -0.4 is 0 Å². The summed E-state index contributed by atoms with van der Waals surface area (Å²) < 4.78 is 0. The predicted octanol–water partition coefficient (Wildman–Crippen LogP) is 4.65. The molecule has 13 heavy (non-hydrogen) atoms. The van der Waals surface area contributed by atoms with Crippen LogP contribution >= 0.6 is 0 Å². The predicted molar refractivity (Wildman–Crippen MR) is 61.9 cm³/mol. The second-order valence-electron chi connectivity index (χ2n) is 3.20. The van der Waals surface area contributed by atoms with Gasteiger partial charge in [0.05, 0.1) is 0 Å². The summed E-state index contributed by atoms with van der Waals surface area (Å²) in [7, 11) is 0. The van der Waals surface area contributed by atoms with Gasteiger partial charge < -0.3 is 0 Å². The molecule has 0 aliphatic carbocycles. The molecule has 0 atom stereocenters. The third-order valence-electron chi connectivity index (χ3n) is 1.95. The van der Waals surface area contributed by atoms with E-state index in [2.05, 4.69) is 37.8 Å². The SMILES string of the molecule is C=CCCCCCC=CCC=CC. The Labute approximate surface area is 83.0 Å². The lowest BCUT2D eigenvalue weighted by Crippen LogP contribution is -1.74. The van der Waals surface area contributed by atoms with Crippen LogP contribution in [0.25, 0.3) is 0 Å². The first-order valence-corrected chi connectivity index (χ1v) is 5.29. The Morgan fingerprint density at radius 3 is 2.38 bits per heavy atom. The zero-order chi connectivity index (χ0) is 9.78.